The van der Waals surface area contributed by atoms with Crippen LogP contribution in [0.15, 0.2) is 39.2 Å². The van der Waals surface area contributed by atoms with Crippen molar-refractivity contribution >= 4 is 37.8 Å². The summed E-state index contributed by atoms with van der Waals surface area (Å²) in [4.78, 5) is 4.51. The van der Waals surface area contributed by atoms with E-state index in [9.17, 15) is 0 Å². The highest BCUT2D eigenvalue weighted by molar-refractivity contribution is 9.10. The van der Waals surface area contributed by atoms with Crippen molar-refractivity contribution in [1.29, 1.82) is 0 Å². The van der Waals surface area contributed by atoms with Crippen LogP contribution in [0.2, 0.25) is 0 Å². The maximum absolute atomic E-state index is 5.63. The molecule has 2 nitrogen and oxygen atoms in total. The number of aromatic nitrogens is 1. The minimum absolute atomic E-state index is 0.797. The Morgan fingerprint density at radius 3 is 2.94 bits per heavy atom. The van der Waals surface area contributed by atoms with Gasteiger partial charge in [-0.15, -0.1) is 0 Å². The molecule has 0 saturated carbocycles. The van der Waals surface area contributed by atoms with Crippen LogP contribution in [0.1, 0.15) is 12.8 Å². The molecule has 0 atom stereocenters. The zero-order chi connectivity index (χ0) is 11.1. The van der Waals surface area contributed by atoms with E-state index < -0.39 is 0 Å². The van der Waals surface area contributed by atoms with Gasteiger partial charge in [0.1, 0.15) is 5.52 Å². The molecule has 0 aliphatic rings. The Morgan fingerprint density at radius 2 is 2.12 bits per heavy atom. The van der Waals surface area contributed by atoms with Gasteiger partial charge in [0.2, 0.25) is 0 Å². The van der Waals surface area contributed by atoms with Gasteiger partial charge < -0.3 is 4.42 Å². The molecule has 3 heteroatoms. The predicted molar refractivity (Wildman–Crippen MR) is 68.6 cm³/mol. The largest absolute Gasteiger partial charge is 0.441 e. The van der Waals surface area contributed by atoms with Gasteiger partial charge in [0.25, 0.3) is 0 Å². The summed E-state index contributed by atoms with van der Waals surface area (Å²) in [5.41, 5.74) is 1.83. The summed E-state index contributed by atoms with van der Waals surface area (Å²) in [6.07, 6.45) is 0.826. The predicted octanol–water partition coefficient (Wildman–Crippen LogP) is 4.31. The lowest BCUT2D eigenvalue weighted by molar-refractivity contribution is 0.538. The Labute approximate surface area is 101 Å². The number of benzene rings is 2. The third kappa shape index (κ3) is 1.43. The fourth-order valence-corrected chi connectivity index (χ4v) is 2.27. The van der Waals surface area contributed by atoms with E-state index in [1.807, 2.05) is 19.1 Å². The molecule has 1 aromatic heterocycles. The molecule has 0 N–H and O–H groups in total. The second-order valence-corrected chi connectivity index (χ2v) is 4.65. The normalized spacial score (nSPS) is 11.4. The van der Waals surface area contributed by atoms with Crippen LogP contribution in [-0.2, 0) is 6.42 Å². The zero-order valence-electron chi connectivity index (χ0n) is 8.83. The molecule has 1 heterocycles. The van der Waals surface area contributed by atoms with Gasteiger partial charge >= 0.3 is 0 Å². The molecule has 0 amide bonds. The van der Waals surface area contributed by atoms with E-state index in [1.54, 1.807) is 0 Å². The third-order valence-corrected chi connectivity index (χ3v) is 3.18. The number of rotatable bonds is 1. The highest BCUT2D eigenvalue weighted by Gasteiger charge is 2.07. The van der Waals surface area contributed by atoms with Crippen LogP contribution in [0.5, 0.6) is 0 Å². The monoisotopic (exact) mass is 275 g/mol. The van der Waals surface area contributed by atoms with Crippen LogP contribution >= 0.6 is 15.9 Å². The molecule has 0 bridgehead atoms. The summed E-state index contributed by atoms with van der Waals surface area (Å²) in [6, 6.07) is 10.2. The quantitative estimate of drug-likeness (QED) is 0.662. The molecular weight excluding hydrogens is 266 g/mol. The molecule has 3 aromatic rings. The van der Waals surface area contributed by atoms with Crippen LogP contribution < -0.4 is 0 Å². The number of oxazole rings is 1. The highest BCUT2D eigenvalue weighted by atomic mass is 79.9. The smallest absolute Gasteiger partial charge is 0.195 e. The molecule has 0 unspecified atom stereocenters. The summed E-state index contributed by atoms with van der Waals surface area (Å²) in [5.74, 6) is 0.797. The fourth-order valence-electron chi connectivity index (χ4n) is 1.89. The van der Waals surface area contributed by atoms with Gasteiger partial charge in [0.05, 0.1) is 0 Å². The average Bonchev–Trinajstić information content (AvgIpc) is 2.71. The van der Waals surface area contributed by atoms with Crippen LogP contribution in [0.25, 0.3) is 21.9 Å². The maximum atomic E-state index is 5.63. The molecule has 80 valence electrons. The molecule has 3 rings (SSSR count). The van der Waals surface area contributed by atoms with Crippen molar-refractivity contribution in [1.82, 2.24) is 4.98 Å². The van der Waals surface area contributed by atoms with Crippen molar-refractivity contribution < 1.29 is 4.42 Å². The zero-order valence-corrected chi connectivity index (χ0v) is 10.4. The van der Waals surface area contributed by atoms with Gasteiger partial charge in [0.15, 0.2) is 11.5 Å². The van der Waals surface area contributed by atoms with Gasteiger partial charge in [-0.3, -0.25) is 0 Å². The lowest BCUT2D eigenvalue weighted by atomic mass is 10.1. The lowest BCUT2D eigenvalue weighted by Gasteiger charge is -1.97. The summed E-state index contributed by atoms with van der Waals surface area (Å²) >= 11 is 3.47. The Kier molecular flexibility index (Phi) is 2.21. The number of halogens is 1. The van der Waals surface area contributed by atoms with Crippen LogP contribution in [-0.4, -0.2) is 4.98 Å². The van der Waals surface area contributed by atoms with Crippen LogP contribution in [0.4, 0.5) is 0 Å². The molecule has 2 aromatic carbocycles. The van der Waals surface area contributed by atoms with Crippen molar-refractivity contribution in [2.75, 3.05) is 0 Å². The molecule has 0 spiro atoms. The number of fused-ring (bicyclic) bond motifs is 3. The van der Waals surface area contributed by atoms with E-state index in [1.165, 1.54) is 5.39 Å². The Bertz CT molecular complexity index is 672. The molecule has 0 aliphatic heterocycles. The SMILES string of the molecule is CCc1nc2c(ccc3cc(Br)ccc32)o1. The minimum atomic E-state index is 0.797. The third-order valence-electron chi connectivity index (χ3n) is 2.68. The summed E-state index contributed by atoms with van der Waals surface area (Å²) < 4.78 is 6.71. The first-order valence-corrected chi connectivity index (χ1v) is 6.05. The van der Waals surface area contributed by atoms with E-state index in [0.717, 1.165) is 33.3 Å². The molecular formula is C13H10BrNO. The lowest BCUT2D eigenvalue weighted by Crippen LogP contribution is -1.78. The number of hydrogen-bond donors (Lipinski definition) is 0. The average molecular weight is 276 g/mol. The van der Waals surface area contributed by atoms with Gasteiger partial charge in [-0.1, -0.05) is 35.0 Å². The molecule has 0 aliphatic carbocycles. The van der Waals surface area contributed by atoms with Crippen LogP contribution in [0.3, 0.4) is 0 Å². The van der Waals surface area contributed by atoms with E-state index >= 15 is 0 Å². The Balaban J connectivity index is 2.43. The first-order valence-electron chi connectivity index (χ1n) is 5.25. The van der Waals surface area contributed by atoms with E-state index in [-0.39, 0.29) is 0 Å². The Hall–Kier alpha value is -1.35. The van der Waals surface area contributed by atoms with Gasteiger partial charge in [0, 0.05) is 16.3 Å². The van der Waals surface area contributed by atoms with Crippen molar-refractivity contribution in [3.05, 3.63) is 40.7 Å². The summed E-state index contributed by atoms with van der Waals surface area (Å²) in [6.45, 7) is 2.05. The maximum Gasteiger partial charge on any atom is 0.195 e. The summed E-state index contributed by atoms with van der Waals surface area (Å²) in [7, 11) is 0. The molecule has 16 heavy (non-hydrogen) atoms. The van der Waals surface area contributed by atoms with Gasteiger partial charge in [-0.25, -0.2) is 4.98 Å². The molecule has 0 radical (unpaired) electrons. The van der Waals surface area contributed by atoms with Crippen molar-refractivity contribution in [3.8, 4) is 0 Å². The highest BCUT2D eigenvalue weighted by Crippen LogP contribution is 2.27. The van der Waals surface area contributed by atoms with Gasteiger partial charge in [-0.2, -0.15) is 0 Å². The van der Waals surface area contributed by atoms with E-state index in [2.05, 4.69) is 39.1 Å². The summed E-state index contributed by atoms with van der Waals surface area (Å²) in [5, 5.41) is 2.32. The topological polar surface area (TPSA) is 26.0 Å². The fraction of sp³-hybridized carbons (Fsp3) is 0.154. The van der Waals surface area contributed by atoms with Crippen LogP contribution in [0, 0.1) is 0 Å². The van der Waals surface area contributed by atoms with Crippen molar-refractivity contribution in [2.45, 2.75) is 13.3 Å². The second-order valence-electron chi connectivity index (χ2n) is 3.74. The first kappa shape index (κ1) is 9.85. The van der Waals surface area contributed by atoms with E-state index in [0.29, 0.717) is 0 Å². The van der Waals surface area contributed by atoms with E-state index in [4.69, 9.17) is 4.42 Å². The standard InChI is InChI=1S/C13H10BrNO/c1-2-12-15-13-10-5-4-9(14)7-8(10)3-6-11(13)16-12/h3-7H,2H2,1H3. The number of hydrogen-bond acceptors (Lipinski definition) is 2. The van der Waals surface area contributed by atoms with Crippen molar-refractivity contribution in [2.24, 2.45) is 0 Å². The molecule has 0 saturated heterocycles. The minimum Gasteiger partial charge on any atom is -0.441 e. The second kappa shape index (κ2) is 3.59. The molecule has 0 fully saturated rings. The van der Waals surface area contributed by atoms with Gasteiger partial charge in [-0.05, 0) is 23.6 Å². The number of aryl methyl sites for hydroxylation is 1. The van der Waals surface area contributed by atoms with Crippen molar-refractivity contribution in [3.63, 3.8) is 0 Å². The number of nitrogens with zero attached hydrogens (tertiary/aromatic N) is 1. The first-order chi connectivity index (χ1) is 7.78. The Morgan fingerprint density at radius 1 is 1.25 bits per heavy atom.